The van der Waals surface area contributed by atoms with Gasteiger partial charge in [-0.2, -0.15) is 0 Å². The van der Waals surface area contributed by atoms with Gasteiger partial charge >= 0.3 is 6.09 Å². The summed E-state index contributed by atoms with van der Waals surface area (Å²) in [5, 5.41) is 3.01. The Hall–Kier alpha value is -0.910. The van der Waals surface area contributed by atoms with Crippen molar-refractivity contribution in [1.29, 1.82) is 0 Å². The number of likely N-dealkylation sites (N-methyl/N-ethyl adjacent to an activating group) is 2. The van der Waals surface area contributed by atoms with Gasteiger partial charge in [-0.05, 0) is 36.7 Å². The first-order chi connectivity index (χ1) is 8.08. The summed E-state index contributed by atoms with van der Waals surface area (Å²) in [6.07, 6.45) is -0.335. The monoisotopic (exact) mass is 321 g/mol. The molecule has 0 rings (SSSR count). The topological polar surface area (TPSA) is 44.8 Å². The summed E-state index contributed by atoms with van der Waals surface area (Å²) in [4.78, 5) is 15.3. The van der Waals surface area contributed by atoms with Gasteiger partial charge in [-0.1, -0.05) is 0 Å². The Kier molecular flexibility index (Phi) is 6.52. The highest BCUT2D eigenvalue weighted by Crippen LogP contribution is 2.14. The van der Waals surface area contributed by atoms with Crippen LogP contribution in [0, 0.1) is 0 Å². The first-order valence-corrected chi connectivity index (χ1v) is 6.55. The van der Waals surface area contributed by atoms with Crippen LogP contribution in [0.2, 0.25) is 0 Å². The van der Waals surface area contributed by atoms with E-state index in [2.05, 4.69) is 21.2 Å². The van der Waals surface area contributed by atoms with Crippen LogP contribution in [0.25, 0.3) is 0 Å². The van der Waals surface area contributed by atoms with Gasteiger partial charge in [-0.15, -0.1) is 0 Å². The minimum atomic E-state index is -0.479. The van der Waals surface area contributed by atoms with Gasteiger partial charge in [-0.3, -0.25) is 0 Å². The molecule has 0 saturated heterocycles. The molecule has 0 atom stereocenters. The predicted octanol–water partition coefficient (Wildman–Crippen LogP) is 2.20. The number of rotatable bonds is 4. The zero-order valence-electron chi connectivity index (χ0n) is 12.3. The third kappa shape index (κ3) is 6.14. The molecule has 18 heavy (non-hydrogen) atoms. The van der Waals surface area contributed by atoms with Gasteiger partial charge in [0.1, 0.15) is 5.60 Å². The van der Waals surface area contributed by atoms with Crippen LogP contribution in [0.5, 0.6) is 0 Å². The average Bonchev–Trinajstić information content (AvgIpc) is 2.21. The van der Waals surface area contributed by atoms with Crippen molar-refractivity contribution < 1.29 is 9.53 Å². The molecule has 1 amide bonds. The van der Waals surface area contributed by atoms with Crippen LogP contribution >= 0.6 is 15.9 Å². The van der Waals surface area contributed by atoms with Crippen molar-refractivity contribution in [2.75, 3.05) is 34.7 Å². The maximum absolute atomic E-state index is 11.9. The van der Waals surface area contributed by atoms with E-state index in [1.807, 2.05) is 46.8 Å². The zero-order valence-corrected chi connectivity index (χ0v) is 13.9. The predicted molar refractivity (Wildman–Crippen MR) is 77.6 cm³/mol. The third-order valence-corrected chi connectivity index (χ3v) is 2.96. The number of amides is 1. The highest BCUT2D eigenvalue weighted by Gasteiger charge is 2.21. The highest BCUT2D eigenvalue weighted by molar-refractivity contribution is 9.11. The van der Waals surface area contributed by atoms with E-state index in [0.29, 0.717) is 6.54 Å². The molecule has 0 aromatic heterocycles. The lowest BCUT2D eigenvalue weighted by molar-refractivity contribution is 0.0306. The number of carbonyl (C=O) groups excluding carboxylic acids is 1. The van der Waals surface area contributed by atoms with Gasteiger partial charge in [0.15, 0.2) is 0 Å². The van der Waals surface area contributed by atoms with Gasteiger partial charge in [-0.25, -0.2) is 4.79 Å². The Bertz CT molecular complexity index is 322. The molecule has 0 spiro atoms. The Morgan fingerprint density at radius 2 is 1.78 bits per heavy atom. The molecular weight excluding hydrogens is 298 g/mol. The second-order valence-electron chi connectivity index (χ2n) is 5.24. The van der Waals surface area contributed by atoms with Crippen molar-refractivity contribution in [2.24, 2.45) is 0 Å². The molecule has 0 aromatic carbocycles. The first kappa shape index (κ1) is 17.1. The number of carbonyl (C=O) groups is 1. The molecule has 1 N–H and O–H groups in total. The van der Waals surface area contributed by atoms with Crippen LogP contribution in [0.15, 0.2) is 10.3 Å². The third-order valence-electron chi connectivity index (χ3n) is 2.10. The van der Waals surface area contributed by atoms with Crippen LogP contribution in [-0.4, -0.2) is 56.2 Å². The first-order valence-electron chi connectivity index (χ1n) is 5.76. The molecule has 0 heterocycles. The maximum Gasteiger partial charge on any atom is 0.410 e. The molecule has 0 fully saturated rings. The van der Waals surface area contributed by atoms with Crippen molar-refractivity contribution in [3.8, 4) is 0 Å². The molecule has 0 aliphatic rings. The molecule has 5 nitrogen and oxygen atoms in total. The van der Waals surface area contributed by atoms with Crippen LogP contribution < -0.4 is 5.32 Å². The van der Waals surface area contributed by atoms with Crippen molar-refractivity contribution in [3.05, 3.63) is 10.3 Å². The molecule has 6 heteroatoms. The summed E-state index contributed by atoms with van der Waals surface area (Å²) in [5.41, 5.74) is 0.485. The number of hydrogen-bond donors (Lipinski definition) is 1. The number of ether oxygens (including phenoxy) is 1. The fourth-order valence-corrected chi connectivity index (χ4v) is 1.66. The largest absolute Gasteiger partial charge is 0.444 e. The van der Waals surface area contributed by atoms with Crippen molar-refractivity contribution in [1.82, 2.24) is 15.1 Å². The lowest BCUT2D eigenvalue weighted by Gasteiger charge is -2.27. The summed E-state index contributed by atoms with van der Waals surface area (Å²) in [6.45, 7) is 6.02. The summed E-state index contributed by atoms with van der Waals surface area (Å²) >= 11 is 3.43. The van der Waals surface area contributed by atoms with Crippen LogP contribution in [0.4, 0.5) is 4.79 Å². The lowest BCUT2D eigenvalue weighted by atomic mass is 10.2. The van der Waals surface area contributed by atoms with Gasteiger partial charge in [0.25, 0.3) is 0 Å². The number of nitrogens with zero attached hydrogens (tertiary/aromatic N) is 2. The van der Waals surface area contributed by atoms with E-state index in [1.54, 1.807) is 11.9 Å². The van der Waals surface area contributed by atoms with Crippen molar-refractivity contribution in [2.45, 2.75) is 26.4 Å². The molecule has 0 bridgehead atoms. The summed E-state index contributed by atoms with van der Waals surface area (Å²) in [6, 6.07) is 0. The second kappa shape index (κ2) is 6.87. The standard InChI is InChI=1S/C12H24BrN3O2/c1-12(2,3)18-11(17)16(7)8-9(15(5)6)10(13)14-4/h14H,8H2,1-7H3/b10-9-. The second-order valence-corrected chi connectivity index (χ2v) is 6.03. The quantitative estimate of drug-likeness (QED) is 0.806. The SMILES string of the molecule is CN/C(Br)=C(/CN(C)C(=O)OC(C)(C)C)N(C)C. The Labute approximate surface area is 118 Å². The van der Waals surface area contributed by atoms with Gasteiger partial charge < -0.3 is 19.9 Å². The molecule has 0 unspecified atom stereocenters. The van der Waals surface area contributed by atoms with E-state index >= 15 is 0 Å². The lowest BCUT2D eigenvalue weighted by Crippen LogP contribution is -2.37. The molecule has 0 aromatic rings. The average molecular weight is 322 g/mol. The molecular formula is C12H24BrN3O2. The minimum absolute atomic E-state index is 0.335. The van der Waals surface area contributed by atoms with Crippen molar-refractivity contribution in [3.63, 3.8) is 0 Å². The van der Waals surface area contributed by atoms with E-state index < -0.39 is 5.60 Å². The number of halogens is 1. The number of hydrogen-bond acceptors (Lipinski definition) is 4. The summed E-state index contributed by atoms with van der Waals surface area (Å²) < 4.78 is 6.15. The molecule has 0 saturated carbocycles. The van der Waals surface area contributed by atoms with Gasteiger partial charge in [0.2, 0.25) is 0 Å². The van der Waals surface area contributed by atoms with Gasteiger partial charge in [0, 0.05) is 28.2 Å². The zero-order chi connectivity index (χ0) is 14.5. The fraction of sp³-hybridized carbons (Fsp3) is 0.750. The Balaban J connectivity index is 4.72. The smallest absolute Gasteiger partial charge is 0.410 e. The van der Waals surface area contributed by atoms with E-state index in [0.717, 1.165) is 10.3 Å². The van der Waals surface area contributed by atoms with E-state index in [4.69, 9.17) is 4.74 Å². The normalized spacial score (nSPS) is 12.7. The Morgan fingerprint density at radius 1 is 1.28 bits per heavy atom. The minimum Gasteiger partial charge on any atom is -0.444 e. The Morgan fingerprint density at radius 3 is 2.11 bits per heavy atom. The summed E-state index contributed by atoms with van der Waals surface area (Å²) in [7, 11) is 7.39. The highest BCUT2D eigenvalue weighted by atomic mass is 79.9. The molecule has 0 radical (unpaired) electrons. The van der Waals surface area contributed by atoms with Crippen LogP contribution in [0.3, 0.4) is 0 Å². The van der Waals surface area contributed by atoms with Crippen LogP contribution in [-0.2, 0) is 4.74 Å². The van der Waals surface area contributed by atoms with E-state index in [-0.39, 0.29) is 6.09 Å². The summed E-state index contributed by atoms with van der Waals surface area (Å²) in [5.74, 6) is 0. The van der Waals surface area contributed by atoms with Crippen molar-refractivity contribution >= 4 is 22.0 Å². The van der Waals surface area contributed by atoms with E-state index in [1.165, 1.54) is 0 Å². The number of nitrogens with one attached hydrogen (secondary N) is 1. The fourth-order valence-electron chi connectivity index (χ4n) is 1.18. The molecule has 0 aliphatic carbocycles. The van der Waals surface area contributed by atoms with E-state index in [9.17, 15) is 4.79 Å². The molecule has 0 aliphatic heterocycles. The maximum atomic E-state index is 11.9. The molecule has 106 valence electrons. The van der Waals surface area contributed by atoms with Gasteiger partial charge in [0.05, 0.1) is 16.8 Å². The van der Waals surface area contributed by atoms with Crippen LogP contribution in [0.1, 0.15) is 20.8 Å².